The number of anilines is 1. The zero-order valence-corrected chi connectivity index (χ0v) is 19.1. The minimum atomic E-state index is -2.65. The number of hydrogen-bond donors (Lipinski definition) is 1. The summed E-state index contributed by atoms with van der Waals surface area (Å²) in [5.41, 5.74) is 1.28. The summed E-state index contributed by atoms with van der Waals surface area (Å²) in [6.45, 7) is -0.295. The molecule has 0 aliphatic carbocycles. The fraction of sp³-hybridized carbons (Fsp3) is 0.160. The maximum Gasteiger partial charge on any atom is 0.339 e. The van der Waals surface area contributed by atoms with E-state index in [2.05, 4.69) is 5.32 Å². The number of hydrogen-bond acceptors (Lipinski definition) is 5. The van der Waals surface area contributed by atoms with E-state index in [4.69, 9.17) is 4.74 Å². The molecule has 0 unspecified atom stereocenters. The molecule has 3 aromatic carbocycles. The van der Waals surface area contributed by atoms with Crippen molar-refractivity contribution >= 4 is 35.2 Å². The van der Waals surface area contributed by atoms with Gasteiger partial charge in [0.25, 0.3) is 17.6 Å². The van der Waals surface area contributed by atoms with Crippen LogP contribution in [0, 0.1) is 0 Å². The van der Waals surface area contributed by atoms with Gasteiger partial charge in [-0.1, -0.05) is 66.4 Å². The van der Waals surface area contributed by atoms with Gasteiger partial charge in [0.15, 0.2) is 6.61 Å². The summed E-state index contributed by atoms with van der Waals surface area (Å²) in [6, 6.07) is 21.7. The van der Waals surface area contributed by atoms with Crippen LogP contribution in [0.15, 0.2) is 83.8 Å². The Hall–Kier alpha value is -3.72. The molecule has 0 radical (unpaired) electrons. The molecule has 0 aromatic heterocycles. The Morgan fingerprint density at radius 2 is 1.53 bits per heavy atom. The summed E-state index contributed by atoms with van der Waals surface area (Å²) in [7, 11) is 1.62. The van der Waals surface area contributed by atoms with Crippen LogP contribution in [0.1, 0.15) is 26.3 Å². The fourth-order valence-corrected chi connectivity index (χ4v) is 3.74. The lowest BCUT2D eigenvalue weighted by Gasteiger charge is -2.19. The summed E-state index contributed by atoms with van der Waals surface area (Å²) < 4.78 is 30.5. The van der Waals surface area contributed by atoms with Crippen LogP contribution < -0.4 is 5.32 Å². The largest absolute Gasteiger partial charge is 0.452 e. The second-order valence-corrected chi connectivity index (χ2v) is 8.22. The van der Waals surface area contributed by atoms with Crippen LogP contribution in [0.25, 0.3) is 0 Å². The number of nitrogens with one attached hydrogen (secondary N) is 1. The number of rotatable bonds is 9. The fourth-order valence-electron chi connectivity index (χ4n) is 3.15. The number of carbonyl (C=O) groups excluding carboxylic acids is 3. The van der Waals surface area contributed by atoms with Crippen LogP contribution in [0.5, 0.6) is 0 Å². The highest BCUT2D eigenvalue weighted by atomic mass is 32.2. The topological polar surface area (TPSA) is 75.7 Å². The Balaban J connectivity index is 1.64. The Labute approximate surface area is 199 Å². The molecule has 1 N–H and O–H groups in total. The number of nitrogens with zero attached hydrogens (tertiary/aromatic N) is 1. The van der Waals surface area contributed by atoms with Gasteiger partial charge in [-0.3, -0.25) is 9.59 Å². The third-order valence-corrected chi connectivity index (χ3v) is 5.49. The molecule has 0 aliphatic rings. The first-order valence-electron chi connectivity index (χ1n) is 10.2. The molecule has 34 heavy (non-hydrogen) atoms. The highest BCUT2D eigenvalue weighted by Gasteiger charge is 2.21. The van der Waals surface area contributed by atoms with Crippen molar-refractivity contribution < 1.29 is 27.9 Å². The van der Waals surface area contributed by atoms with E-state index >= 15 is 0 Å². The van der Waals surface area contributed by atoms with E-state index in [0.29, 0.717) is 18.3 Å². The van der Waals surface area contributed by atoms with E-state index < -0.39 is 24.2 Å². The molecular weight excluding hydrogens is 462 g/mol. The first-order valence-corrected chi connectivity index (χ1v) is 11.1. The Bertz CT molecular complexity index is 1160. The minimum absolute atomic E-state index is 0.0221. The van der Waals surface area contributed by atoms with Crippen molar-refractivity contribution in [2.75, 3.05) is 19.0 Å². The van der Waals surface area contributed by atoms with Gasteiger partial charge < -0.3 is 15.0 Å². The zero-order valence-electron chi connectivity index (χ0n) is 18.2. The number of esters is 1. The van der Waals surface area contributed by atoms with Gasteiger partial charge in [-0.05, 0) is 29.8 Å². The van der Waals surface area contributed by atoms with Crippen molar-refractivity contribution in [1.29, 1.82) is 0 Å². The van der Waals surface area contributed by atoms with Gasteiger partial charge in [0.2, 0.25) is 0 Å². The lowest BCUT2D eigenvalue weighted by Crippen LogP contribution is -2.28. The first kappa shape index (κ1) is 24.9. The van der Waals surface area contributed by atoms with Gasteiger partial charge in [-0.25, -0.2) is 4.79 Å². The normalized spacial score (nSPS) is 10.6. The van der Waals surface area contributed by atoms with Crippen LogP contribution in [0.2, 0.25) is 0 Å². The molecule has 0 bridgehead atoms. The highest BCUT2D eigenvalue weighted by Crippen LogP contribution is 2.31. The second kappa shape index (κ2) is 11.9. The highest BCUT2D eigenvalue weighted by molar-refractivity contribution is 7.99. The van der Waals surface area contributed by atoms with Gasteiger partial charge in [-0.15, -0.1) is 0 Å². The molecule has 9 heteroatoms. The molecule has 0 aliphatic heterocycles. The number of para-hydroxylation sites is 1. The number of carbonyl (C=O) groups is 3. The molecule has 0 saturated carbocycles. The molecule has 0 spiro atoms. The third kappa shape index (κ3) is 6.89. The summed E-state index contributed by atoms with van der Waals surface area (Å²) in [6.07, 6.45) is 0. The van der Waals surface area contributed by atoms with Gasteiger partial charge in [-0.2, -0.15) is 8.78 Å². The van der Waals surface area contributed by atoms with Crippen LogP contribution in [-0.2, 0) is 16.1 Å². The van der Waals surface area contributed by atoms with E-state index in [0.717, 1.165) is 5.56 Å². The lowest BCUT2D eigenvalue weighted by atomic mass is 10.1. The van der Waals surface area contributed by atoms with Crippen LogP contribution >= 0.6 is 11.8 Å². The maximum atomic E-state index is 13.0. The van der Waals surface area contributed by atoms with E-state index in [1.165, 1.54) is 29.2 Å². The van der Waals surface area contributed by atoms with E-state index in [-0.39, 0.29) is 27.6 Å². The number of ether oxygens (including phenoxy) is 1. The number of alkyl halides is 2. The molecule has 0 fully saturated rings. The van der Waals surface area contributed by atoms with E-state index in [9.17, 15) is 23.2 Å². The number of halogens is 2. The second-order valence-electron chi connectivity index (χ2n) is 7.19. The maximum absolute atomic E-state index is 13.0. The number of amides is 2. The van der Waals surface area contributed by atoms with Gasteiger partial charge in [0.05, 0.1) is 16.8 Å². The summed E-state index contributed by atoms with van der Waals surface area (Å²) in [5, 5.41) is 2.46. The molecule has 3 rings (SSSR count). The molecule has 3 aromatic rings. The standard InChI is InChI=1S/C25H22F2N2O4S/c1-29(15-17-9-3-2-4-10-17)23(31)18-11-5-6-12-19(18)24(32)33-16-22(30)28-20-13-7-8-14-21(20)34-25(26)27/h2-14,25H,15-16H2,1H3,(H,28,30). The summed E-state index contributed by atoms with van der Waals surface area (Å²) in [4.78, 5) is 39.5. The number of thioether (sulfide) groups is 1. The summed E-state index contributed by atoms with van der Waals surface area (Å²) >= 11 is 0.299. The van der Waals surface area contributed by atoms with Gasteiger partial charge in [0, 0.05) is 18.5 Å². The molecule has 0 saturated heterocycles. The predicted molar refractivity (Wildman–Crippen MR) is 126 cm³/mol. The van der Waals surface area contributed by atoms with Crippen molar-refractivity contribution in [2.24, 2.45) is 0 Å². The Kier molecular flexibility index (Phi) is 8.75. The van der Waals surface area contributed by atoms with Crippen molar-refractivity contribution in [2.45, 2.75) is 17.2 Å². The summed E-state index contributed by atoms with van der Waals surface area (Å²) in [5.74, 6) is -4.56. The molecule has 176 valence electrons. The van der Waals surface area contributed by atoms with Crippen LogP contribution in [0.3, 0.4) is 0 Å². The lowest BCUT2D eigenvalue weighted by molar-refractivity contribution is -0.119. The van der Waals surface area contributed by atoms with Crippen molar-refractivity contribution in [3.8, 4) is 0 Å². The van der Waals surface area contributed by atoms with E-state index in [1.807, 2.05) is 30.3 Å². The zero-order chi connectivity index (χ0) is 24.5. The first-order chi connectivity index (χ1) is 16.3. The monoisotopic (exact) mass is 484 g/mol. The van der Waals surface area contributed by atoms with E-state index in [1.54, 1.807) is 31.3 Å². The average Bonchev–Trinajstić information content (AvgIpc) is 2.83. The Morgan fingerprint density at radius 1 is 0.912 bits per heavy atom. The third-order valence-electron chi connectivity index (χ3n) is 4.70. The van der Waals surface area contributed by atoms with Crippen molar-refractivity contribution in [3.05, 3.63) is 95.6 Å². The quantitative estimate of drug-likeness (QED) is 0.339. The van der Waals surface area contributed by atoms with Crippen molar-refractivity contribution in [1.82, 2.24) is 4.90 Å². The predicted octanol–water partition coefficient (Wildman–Crippen LogP) is 5.07. The molecule has 2 amide bonds. The SMILES string of the molecule is CN(Cc1ccccc1)C(=O)c1ccccc1C(=O)OCC(=O)Nc1ccccc1SC(F)F. The van der Waals surface area contributed by atoms with Gasteiger partial charge in [0.1, 0.15) is 0 Å². The molecule has 6 nitrogen and oxygen atoms in total. The molecular formula is C25H22F2N2O4S. The van der Waals surface area contributed by atoms with Crippen LogP contribution in [-0.4, -0.2) is 42.1 Å². The average molecular weight is 485 g/mol. The Morgan fingerprint density at radius 3 is 2.24 bits per heavy atom. The molecule has 0 heterocycles. The minimum Gasteiger partial charge on any atom is -0.452 e. The van der Waals surface area contributed by atoms with Crippen LogP contribution in [0.4, 0.5) is 14.5 Å². The van der Waals surface area contributed by atoms with Gasteiger partial charge >= 0.3 is 5.97 Å². The van der Waals surface area contributed by atoms with Crippen molar-refractivity contribution in [3.63, 3.8) is 0 Å². The molecule has 0 atom stereocenters. The number of benzene rings is 3. The smallest absolute Gasteiger partial charge is 0.339 e.